The highest BCUT2D eigenvalue weighted by Crippen LogP contribution is 2.41. The topological polar surface area (TPSA) is 60.9 Å². The van der Waals surface area contributed by atoms with Crippen molar-refractivity contribution >= 4 is 35.0 Å². The summed E-state index contributed by atoms with van der Waals surface area (Å²) in [7, 11) is 1.71. The number of fused-ring (bicyclic) bond motifs is 1. The first-order valence-electron chi connectivity index (χ1n) is 8.67. The van der Waals surface area contributed by atoms with Crippen molar-refractivity contribution in [2.45, 2.75) is 31.4 Å². The average Bonchev–Trinajstić information content (AvgIpc) is 2.96. The summed E-state index contributed by atoms with van der Waals surface area (Å²) in [6.07, 6.45) is 2.20. The van der Waals surface area contributed by atoms with E-state index in [1.165, 1.54) is 6.08 Å². The van der Waals surface area contributed by atoms with E-state index in [1.54, 1.807) is 29.0 Å². The smallest absolute Gasteiger partial charge is 0.245 e. The fourth-order valence-electron chi connectivity index (χ4n) is 4.00. The highest BCUT2D eigenvalue weighted by Gasteiger charge is 2.39. The first kappa shape index (κ1) is 19.2. The maximum absolute atomic E-state index is 13.0. The van der Waals surface area contributed by atoms with E-state index >= 15 is 0 Å². The Morgan fingerprint density at radius 2 is 1.96 bits per heavy atom. The zero-order chi connectivity index (χ0) is 19.0. The summed E-state index contributed by atoms with van der Waals surface area (Å²) >= 11 is 12.4. The number of hydrogen-bond donors (Lipinski definition) is 1. The molecule has 140 valence electrons. The van der Waals surface area contributed by atoms with Gasteiger partial charge in [0, 0.05) is 42.5 Å². The second kappa shape index (κ2) is 7.59. The largest absolute Gasteiger partial charge is 0.390 e. The maximum Gasteiger partial charge on any atom is 0.245 e. The lowest BCUT2D eigenvalue weighted by Crippen LogP contribution is -2.45. The van der Waals surface area contributed by atoms with E-state index in [0.29, 0.717) is 42.4 Å². The fourth-order valence-corrected chi connectivity index (χ4v) is 4.58. The zero-order valence-electron chi connectivity index (χ0n) is 14.6. The van der Waals surface area contributed by atoms with Crippen molar-refractivity contribution in [2.75, 3.05) is 20.1 Å². The molecule has 1 aliphatic carbocycles. The number of carbonyl (C=O) groups is 2. The molecule has 2 atom stereocenters. The highest BCUT2D eigenvalue weighted by atomic mass is 35.5. The summed E-state index contributed by atoms with van der Waals surface area (Å²) in [5.74, 6) is -0.294. The fraction of sp³-hybridized carbons (Fsp3) is 0.474. The lowest BCUT2D eigenvalue weighted by molar-refractivity contribution is -0.142. The van der Waals surface area contributed by atoms with Crippen LogP contribution in [0.25, 0.3) is 0 Å². The van der Waals surface area contributed by atoms with Gasteiger partial charge in [-0.3, -0.25) is 9.59 Å². The van der Waals surface area contributed by atoms with Crippen molar-refractivity contribution in [1.82, 2.24) is 9.80 Å². The van der Waals surface area contributed by atoms with Crippen molar-refractivity contribution < 1.29 is 14.7 Å². The van der Waals surface area contributed by atoms with Gasteiger partial charge < -0.3 is 14.9 Å². The van der Waals surface area contributed by atoms with Gasteiger partial charge in [-0.15, -0.1) is 0 Å². The Hall–Kier alpha value is -1.56. The molecule has 1 heterocycles. The number of halogens is 2. The van der Waals surface area contributed by atoms with E-state index in [2.05, 4.69) is 6.58 Å². The third-order valence-corrected chi connectivity index (χ3v) is 5.94. The number of likely N-dealkylation sites (tertiary alicyclic amines) is 1. The quantitative estimate of drug-likeness (QED) is 0.798. The predicted octanol–water partition coefficient (Wildman–Crippen LogP) is 2.83. The molecular weight excluding hydrogens is 375 g/mol. The van der Waals surface area contributed by atoms with Crippen LogP contribution in [-0.4, -0.2) is 53.0 Å². The minimum atomic E-state index is -0.711. The van der Waals surface area contributed by atoms with Crippen LogP contribution in [0.2, 0.25) is 10.0 Å². The number of nitrogens with zero attached hydrogens (tertiary/aromatic N) is 2. The molecule has 5 nitrogen and oxygen atoms in total. The van der Waals surface area contributed by atoms with E-state index < -0.39 is 12.1 Å². The van der Waals surface area contributed by atoms with Gasteiger partial charge in [-0.2, -0.15) is 0 Å². The van der Waals surface area contributed by atoms with Crippen molar-refractivity contribution in [3.05, 3.63) is 46.0 Å². The minimum absolute atomic E-state index is 0.0244. The van der Waals surface area contributed by atoms with E-state index in [4.69, 9.17) is 23.2 Å². The average molecular weight is 397 g/mol. The molecule has 1 N–H and O–H groups in total. The minimum Gasteiger partial charge on any atom is -0.390 e. The molecule has 0 radical (unpaired) electrons. The van der Waals surface area contributed by atoms with Crippen LogP contribution in [0.1, 0.15) is 30.0 Å². The molecule has 1 aromatic carbocycles. The van der Waals surface area contributed by atoms with Crippen LogP contribution >= 0.6 is 23.2 Å². The second-order valence-electron chi connectivity index (χ2n) is 6.92. The monoisotopic (exact) mass is 396 g/mol. The standard InChI is InChI=1S/C19H22Cl2N2O3/c1-3-17(25)23-6-4-11(5-7-23)19(26)22(2)18-14-8-12(20)9-15(21)13(14)10-16(18)24/h3,8-9,11,16,18,24H,1,4-7,10H2,2H3. The summed E-state index contributed by atoms with van der Waals surface area (Å²) in [5.41, 5.74) is 1.66. The van der Waals surface area contributed by atoms with Crippen LogP contribution in [0.4, 0.5) is 0 Å². The number of piperidine rings is 1. The number of hydrogen-bond acceptors (Lipinski definition) is 3. The molecule has 0 bridgehead atoms. The molecular formula is C19H22Cl2N2O3. The number of benzene rings is 1. The highest BCUT2D eigenvalue weighted by molar-refractivity contribution is 6.35. The van der Waals surface area contributed by atoms with Gasteiger partial charge in [0.1, 0.15) is 0 Å². The van der Waals surface area contributed by atoms with Gasteiger partial charge in [-0.25, -0.2) is 0 Å². The number of aliphatic hydroxyl groups excluding tert-OH is 1. The van der Waals surface area contributed by atoms with E-state index in [-0.39, 0.29) is 17.7 Å². The molecule has 0 spiro atoms. The summed E-state index contributed by atoms with van der Waals surface area (Å²) < 4.78 is 0. The van der Waals surface area contributed by atoms with Crippen LogP contribution in [0.15, 0.2) is 24.8 Å². The van der Waals surface area contributed by atoms with Gasteiger partial charge in [0.2, 0.25) is 11.8 Å². The summed E-state index contributed by atoms with van der Waals surface area (Å²) in [6.45, 7) is 4.58. The van der Waals surface area contributed by atoms with Gasteiger partial charge in [0.15, 0.2) is 0 Å². The molecule has 1 aliphatic heterocycles. The molecule has 0 saturated carbocycles. The number of amides is 2. The van der Waals surface area contributed by atoms with Gasteiger partial charge in [-0.05, 0) is 42.2 Å². The Balaban J connectivity index is 1.74. The lowest BCUT2D eigenvalue weighted by Gasteiger charge is -2.35. The van der Waals surface area contributed by atoms with Crippen LogP contribution in [0, 0.1) is 5.92 Å². The van der Waals surface area contributed by atoms with Crippen LogP contribution in [0.5, 0.6) is 0 Å². The number of rotatable bonds is 3. The van der Waals surface area contributed by atoms with E-state index in [9.17, 15) is 14.7 Å². The first-order valence-corrected chi connectivity index (χ1v) is 9.43. The van der Waals surface area contributed by atoms with Gasteiger partial charge in [0.05, 0.1) is 12.1 Å². The summed E-state index contributed by atoms with van der Waals surface area (Å²) in [4.78, 5) is 28.0. The SMILES string of the molecule is C=CC(=O)N1CCC(C(=O)N(C)C2c3cc(Cl)cc(Cl)c3CC2O)CC1. The second-order valence-corrected chi connectivity index (χ2v) is 7.77. The molecule has 26 heavy (non-hydrogen) atoms. The Kier molecular flexibility index (Phi) is 5.61. The molecule has 7 heteroatoms. The third-order valence-electron chi connectivity index (χ3n) is 5.39. The lowest BCUT2D eigenvalue weighted by atomic mass is 9.94. The third kappa shape index (κ3) is 3.48. The number of likely N-dealkylation sites (N-methyl/N-ethyl adjacent to an activating group) is 1. The Labute approximate surface area is 163 Å². The zero-order valence-corrected chi connectivity index (χ0v) is 16.1. The van der Waals surface area contributed by atoms with Crippen molar-refractivity contribution in [1.29, 1.82) is 0 Å². The van der Waals surface area contributed by atoms with Gasteiger partial charge >= 0.3 is 0 Å². The summed E-state index contributed by atoms with van der Waals surface area (Å²) in [5, 5.41) is 11.5. The first-order chi connectivity index (χ1) is 12.3. The van der Waals surface area contributed by atoms with Crippen molar-refractivity contribution in [3.8, 4) is 0 Å². The number of carbonyl (C=O) groups excluding carboxylic acids is 2. The van der Waals surface area contributed by atoms with Crippen LogP contribution in [0.3, 0.4) is 0 Å². The molecule has 2 unspecified atom stereocenters. The molecule has 1 saturated heterocycles. The van der Waals surface area contributed by atoms with Crippen LogP contribution < -0.4 is 0 Å². The Bertz CT molecular complexity index is 745. The van der Waals surface area contributed by atoms with Gasteiger partial charge in [0.25, 0.3) is 0 Å². The van der Waals surface area contributed by atoms with Crippen molar-refractivity contribution in [2.24, 2.45) is 5.92 Å². The molecule has 3 rings (SSSR count). The molecule has 2 amide bonds. The molecule has 2 aliphatic rings. The molecule has 0 aromatic heterocycles. The predicted molar refractivity (Wildman–Crippen MR) is 101 cm³/mol. The summed E-state index contributed by atoms with van der Waals surface area (Å²) in [6, 6.07) is 2.98. The van der Waals surface area contributed by atoms with E-state index in [1.807, 2.05) is 0 Å². The Morgan fingerprint density at radius 3 is 2.58 bits per heavy atom. The normalized spacial score (nSPS) is 22.8. The van der Waals surface area contributed by atoms with Crippen LogP contribution in [-0.2, 0) is 16.0 Å². The Morgan fingerprint density at radius 1 is 1.31 bits per heavy atom. The molecule has 1 aromatic rings. The number of aliphatic hydroxyl groups is 1. The molecule has 1 fully saturated rings. The van der Waals surface area contributed by atoms with Crippen molar-refractivity contribution in [3.63, 3.8) is 0 Å². The van der Waals surface area contributed by atoms with Gasteiger partial charge in [-0.1, -0.05) is 29.8 Å². The van der Waals surface area contributed by atoms with E-state index in [0.717, 1.165) is 11.1 Å². The maximum atomic E-state index is 13.0.